The number of amides is 3. The van der Waals surface area contributed by atoms with Crippen molar-refractivity contribution in [3.63, 3.8) is 0 Å². The molecular weight excluding hydrogens is 439 g/mol. The first-order valence-electron chi connectivity index (χ1n) is 11.3. The third kappa shape index (κ3) is 6.95. The standard InChI is InChI=1S/C25H31FN4O4/c1-3-14-30(25(32)28-22-10-5-4-9-21(22)26)17-19-8-6-15-29(19)18-20-11-12-23(34-20)24(31)27-13-7-16-33-2/h4-6,8-12,15H,3,7,13-14,16-18H2,1-2H3,(H,27,31)(H,28,32). The van der Waals surface area contributed by atoms with Crippen molar-refractivity contribution in [2.45, 2.75) is 32.9 Å². The lowest BCUT2D eigenvalue weighted by atomic mass is 10.3. The van der Waals surface area contributed by atoms with Gasteiger partial charge in [0.25, 0.3) is 5.91 Å². The second-order valence-electron chi connectivity index (χ2n) is 7.83. The summed E-state index contributed by atoms with van der Waals surface area (Å²) >= 11 is 0. The van der Waals surface area contributed by atoms with Gasteiger partial charge in [0.05, 0.1) is 18.8 Å². The summed E-state index contributed by atoms with van der Waals surface area (Å²) in [5.74, 6) is 0.122. The zero-order valence-corrected chi connectivity index (χ0v) is 19.6. The average Bonchev–Trinajstić information content (AvgIpc) is 3.48. The van der Waals surface area contributed by atoms with Gasteiger partial charge in [-0.25, -0.2) is 9.18 Å². The number of furan rings is 1. The first-order chi connectivity index (χ1) is 16.5. The zero-order valence-electron chi connectivity index (χ0n) is 19.6. The van der Waals surface area contributed by atoms with E-state index in [1.165, 1.54) is 12.1 Å². The molecule has 0 aliphatic carbocycles. The van der Waals surface area contributed by atoms with E-state index in [-0.39, 0.29) is 23.4 Å². The number of urea groups is 1. The highest BCUT2D eigenvalue weighted by molar-refractivity contribution is 5.91. The Labute approximate surface area is 198 Å². The number of hydrogen-bond acceptors (Lipinski definition) is 4. The fourth-order valence-corrected chi connectivity index (χ4v) is 3.48. The maximum absolute atomic E-state index is 14.0. The molecule has 1 aromatic carbocycles. The largest absolute Gasteiger partial charge is 0.454 e. The molecule has 182 valence electrons. The van der Waals surface area contributed by atoms with Gasteiger partial charge in [-0.3, -0.25) is 4.79 Å². The molecule has 2 heterocycles. The summed E-state index contributed by atoms with van der Waals surface area (Å²) in [6.07, 6.45) is 3.37. The van der Waals surface area contributed by atoms with Gasteiger partial charge < -0.3 is 29.3 Å². The Morgan fingerprint density at radius 3 is 2.74 bits per heavy atom. The van der Waals surface area contributed by atoms with Gasteiger partial charge >= 0.3 is 6.03 Å². The molecule has 3 aromatic rings. The van der Waals surface area contributed by atoms with Crippen LogP contribution in [0.5, 0.6) is 0 Å². The molecular formula is C25H31FN4O4. The lowest BCUT2D eigenvalue weighted by molar-refractivity contribution is 0.0919. The highest BCUT2D eigenvalue weighted by Gasteiger charge is 2.17. The molecule has 0 unspecified atom stereocenters. The Hall–Kier alpha value is -3.59. The Morgan fingerprint density at radius 2 is 1.97 bits per heavy atom. The average molecular weight is 471 g/mol. The number of para-hydroxylation sites is 1. The van der Waals surface area contributed by atoms with E-state index in [0.29, 0.717) is 38.5 Å². The molecule has 3 rings (SSSR count). The fourth-order valence-electron chi connectivity index (χ4n) is 3.48. The molecule has 0 saturated carbocycles. The van der Waals surface area contributed by atoms with Crippen LogP contribution in [-0.4, -0.2) is 48.2 Å². The quantitative estimate of drug-likeness (QED) is 0.382. The molecule has 0 saturated heterocycles. The molecule has 8 nitrogen and oxygen atoms in total. The van der Waals surface area contributed by atoms with Gasteiger partial charge in [0, 0.05) is 38.7 Å². The van der Waals surface area contributed by atoms with Crippen molar-refractivity contribution in [3.8, 4) is 0 Å². The normalized spacial score (nSPS) is 10.8. The minimum atomic E-state index is -0.480. The minimum absolute atomic E-state index is 0.146. The van der Waals surface area contributed by atoms with Gasteiger partial charge in [-0.1, -0.05) is 19.1 Å². The smallest absolute Gasteiger partial charge is 0.322 e. The van der Waals surface area contributed by atoms with Crippen molar-refractivity contribution in [3.05, 3.63) is 77.8 Å². The first-order valence-corrected chi connectivity index (χ1v) is 11.3. The minimum Gasteiger partial charge on any atom is -0.454 e. The molecule has 0 fully saturated rings. The number of carbonyl (C=O) groups is 2. The van der Waals surface area contributed by atoms with Crippen LogP contribution in [0.15, 0.2) is 59.1 Å². The summed E-state index contributed by atoms with van der Waals surface area (Å²) in [4.78, 5) is 26.7. The predicted octanol–water partition coefficient (Wildman–Crippen LogP) is 4.48. The second-order valence-corrected chi connectivity index (χ2v) is 7.83. The zero-order chi connectivity index (χ0) is 24.3. The van der Waals surface area contributed by atoms with E-state index in [1.54, 1.807) is 36.3 Å². The van der Waals surface area contributed by atoms with Crippen LogP contribution in [0.25, 0.3) is 0 Å². The Balaban J connectivity index is 1.63. The van der Waals surface area contributed by atoms with Crippen molar-refractivity contribution in [1.82, 2.24) is 14.8 Å². The van der Waals surface area contributed by atoms with E-state index in [0.717, 1.165) is 18.5 Å². The van der Waals surface area contributed by atoms with Gasteiger partial charge in [0.1, 0.15) is 11.6 Å². The van der Waals surface area contributed by atoms with Crippen molar-refractivity contribution in [2.24, 2.45) is 0 Å². The summed E-state index contributed by atoms with van der Waals surface area (Å²) in [7, 11) is 1.62. The third-order valence-corrected chi connectivity index (χ3v) is 5.20. The van der Waals surface area contributed by atoms with E-state index in [1.807, 2.05) is 29.8 Å². The Bertz CT molecular complexity index is 1080. The summed E-state index contributed by atoms with van der Waals surface area (Å²) in [5, 5.41) is 5.45. The van der Waals surface area contributed by atoms with Gasteiger partial charge in [-0.15, -0.1) is 0 Å². The molecule has 0 aliphatic rings. The van der Waals surface area contributed by atoms with Crippen molar-refractivity contribution < 1.29 is 23.1 Å². The van der Waals surface area contributed by atoms with Gasteiger partial charge in [0.2, 0.25) is 0 Å². The van der Waals surface area contributed by atoms with E-state index >= 15 is 0 Å². The molecule has 0 radical (unpaired) electrons. The van der Waals surface area contributed by atoms with E-state index in [4.69, 9.17) is 9.15 Å². The van der Waals surface area contributed by atoms with Crippen molar-refractivity contribution in [1.29, 1.82) is 0 Å². The highest BCUT2D eigenvalue weighted by atomic mass is 19.1. The lowest BCUT2D eigenvalue weighted by Gasteiger charge is -2.23. The van der Waals surface area contributed by atoms with E-state index in [2.05, 4.69) is 10.6 Å². The van der Waals surface area contributed by atoms with Gasteiger partial charge in [0.15, 0.2) is 5.76 Å². The van der Waals surface area contributed by atoms with Crippen LogP contribution in [0, 0.1) is 5.82 Å². The number of nitrogens with zero attached hydrogens (tertiary/aromatic N) is 2. The molecule has 0 spiro atoms. The summed E-state index contributed by atoms with van der Waals surface area (Å²) < 4.78 is 26.6. The molecule has 0 bridgehead atoms. The number of halogens is 1. The SMILES string of the molecule is CCCN(Cc1cccn1Cc1ccc(C(=O)NCCCOC)o1)C(=O)Nc1ccccc1F. The number of rotatable bonds is 12. The Kier molecular flexibility index (Phi) is 9.28. The molecule has 9 heteroatoms. The molecule has 0 aliphatic heterocycles. The summed E-state index contributed by atoms with van der Waals surface area (Å²) in [6.45, 7) is 4.33. The summed E-state index contributed by atoms with van der Waals surface area (Å²) in [6, 6.07) is 12.9. The monoisotopic (exact) mass is 470 g/mol. The van der Waals surface area contributed by atoms with E-state index in [9.17, 15) is 14.0 Å². The molecule has 3 amide bonds. The number of hydrogen-bond donors (Lipinski definition) is 2. The number of aromatic nitrogens is 1. The molecule has 34 heavy (non-hydrogen) atoms. The lowest BCUT2D eigenvalue weighted by Crippen LogP contribution is -2.36. The van der Waals surface area contributed by atoms with Crippen LogP contribution in [0.1, 0.15) is 41.8 Å². The van der Waals surface area contributed by atoms with Gasteiger partial charge in [-0.2, -0.15) is 0 Å². The van der Waals surface area contributed by atoms with Crippen molar-refractivity contribution >= 4 is 17.6 Å². The van der Waals surface area contributed by atoms with Crippen LogP contribution >= 0.6 is 0 Å². The van der Waals surface area contributed by atoms with Crippen molar-refractivity contribution in [2.75, 3.05) is 32.1 Å². The Morgan fingerprint density at radius 1 is 1.15 bits per heavy atom. The number of anilines is 1. The number of methoxy groups -OCH3 is 1. The van der Waals surface area contributed by atoms with Crippen LogP contribution in [0.4, 0.5) is 14.9 Å². The van der Waals surface area contributed by atoms with Crippen LogP contribution in [0.2, 0.25) is 0 Å². The third-order valence-electron chi connectivity index (χ3n) is 5.20. The van der Waals surface area contributed by atoms with Crippen LogP contribution in [0.3, 0.4) is 0 Å². The first kappa shape index (κ1) is 25.0. The number of nitrogens with one attached hydrogen (secondary N) is 2. The highest BCUT2D eigenvalue weighted by Crippen LogP contribution is 2.16. The number of carbonyl (C=O) groups excluding carboxylic acids is 2. The number of ether oxygens (including phenoxy) is 1. The summed E-state index contributed by atoms with van der Waals surface area (Å²) in [5.41, 5.74) is 1.03. The van der Waals surface area contributed by atoms with Gasteiger partial charge in [-0.05, 0) is 49.2 Å². The molecule has 0 atom stereocenters. The topological polar surface area (TPSA) is 88.7 Å². The molecule has 2 N–H and O–H groups in total. The maximum Gasteiger partial charge on any atom is 0.322 e. The van der Waals surface area contributed by atoms with Crippen LogP contribution in [-0.2, 0) is 17.8 Å². The predicted molar refractivity (Wildman–Crippen MR) is 127 cm³/mol. The van der Waals surface area contributed by atoms with Crippen LogP contribution < -0.4 is 10.6 Å². The second kappa shape index (κ2) is 12.6. The molecule has 2 aromatic heterocycles. The van der Waals surface area contributed by atoms with E-state index < -0.39 is 5.82 Å². The maximum atomic E-state index is 14.0. The fraction of sp³-hybridized carbons (Fsp3) is 0.360. The number of benzene rings is 1.